The number of nitrogens with zero attached hydrogens (tertiary/aromatic N) is 1. The van der Waals surface area contributed by atoms with Gasteiger partial charge in [-0.3, -0.25) is 4.79 Å². The number of carbonyl (C=O) groups is 1. The lowest BCUT2D eigenvalue weighted by Crippen LogP contribution is -2.37. The van der Waals surface area contributed by atoms with Crippen LogP contribution in [0, 0.1) is 0 Å². The van der Waals surface area contributed by atoms with Crippen LogP contribution in [-0.4, -0.2) is 43.1 Å². The van der Waals surface area contributed by atoms with Gasteiger partial charge in [-0.05, 0) is 12.1 Å². The average molecular weight is 268 g/mol. The maximum absolute atomic E-state index is 11.7. The summed E-state index contributed by atoms with van der Waals surface area (Å²) in [6.07, 6.45) is 0. The zero-order chi connectivity index (χ0) is 13.5. The minimum atomic E-state index is -0.200. The van der Waals surface area contributed by atoms with Crippen molar-refractivity contribution >= 4 is 23.1 Å². The summed E-state index contributed by atoms with van der Waals surface area (Å²) in [4.78, 5) is 13.4. The predicted molar refractivity (Wildman–Crippen MR) is 72.9 cm³/mol. The third kappa shape index (κ3) is 4.21. The smallest absolute Gasteiger partial charge is 0.260 e. The van der Waals surface area contributed by atoms with Crippen molar-refractivity contribution in [3.8, 4) is 11.5 Å². The normalized spacial score (nSPS) is 9.67. The summed E-state index contributed by atoms with van der Waals surface area (Å²) in [5, 5.41) is 0. The van der Waals surface area contributed by atoms with Crippen molar-refractivity contribution in [1.82, 2.24) is 4.90 Å². The van der Waals surface area contributed by atoms with Gasteiger partial charge in [-0.2, -0.15) is 0 Å². The van der Waals surface area contributed by atoms with E-state index in [4.69, 9.17) is 27.4 Å². The van der Waals surface area contributed by atoms with Gasteiger partial charge in [0.2, 0.25) is 0 Å². The first-order chi connectivity index (χ1) is 8.54. The molecule has 1 aromatic rings. The molecule has 0 aliphatic heterocycles. The van der Waals surface area contributed by atoms with Crippen LogP contribution >= 0.6 is 12.2 Å². The first kappa shape index (κ1) is 14.2. The van der Waals surface area contributed by atoms with Crippen molar-refractivity contribution in [3.63, 3.8) is 0 Å². The van der Waals surface area contributed by atoms with Crippen LogP contribution in [0.1, 0.15) is 0 Å². The van der Waals surface area contributed by atoms with Gasteiger partial charge in [0.1, 0.15) is 0 Å². The minimum absolute atomic E-state index is 0.0838. The second-order valence-corrected chi connectivity index (χ2v) is 4.18. The molecular weight excluding hydrogens is 252 g/mol. The highest BCUT2D eigenvalue weighted by molar-refractivity contribution is 7.80. The Morgan fingerprint density at radius 1 is 1.39 bits per heavy atom. The molecule has 0 radical (unpaired) electrons. The number of likely N-dealkylation sites (N-methyl/N-ethyl adjacent to an activating group) is 1. The summed E-state index contributed by atoms with van der Waals surface area (Å²) in [7, 11) is 3.16. The molecule has 1 aromatic carbocycles. The van der Waals surface area contributed by atoms with Gasteiger partial charge in [-0.15, -0.1) is 0 Å². The largest absolute Gasteiger partial charge is 0.493 e. The summed E-state index contributed by atoms with van der Waals surface area (Å²) in [5.41, 5.74) is 5.36. The second-order valence-electron chi connectivity index (χ2n) is 3.66. The molecule has 0 saturated carbocycles. The van der Waals surface area contributed by atoms with Crippen LogP contribution in [0.2, 0.25) is 0 Å². The third-order valence-electron chi connectivity index (χ3n) is 2.24. The number of para-hydroxylation sites is 2. The molecule has 2 N–H and O–H groups in total. The van der Waals surface area contributed by atoms with E-state index >= 15 is 0 Å². The summed E-state index contributed by atoms with van der Waals surface area (Å²) >= 11 is 4.73. The predicted octanol–water partition coefficient (Wildman–Crippen LogP) is 0.819. The standard InChI is InChI=1S/C12H16N2O3S/c1-14(7-11(13)18)12(15)8-17-10-6-4-3-5-9(10)16-2/h3-6H,7-8H2,1-2H3,(H2,13,18). The van der Waals surface area contributed by atoms with Gasteiger partial charge in [-0.1, -0.05) is 24.4 Å². The van der Waals surface area contributed by atoms with Crippen LogP contribution in [0.4, 0.5) is 0 Å². The van der Waals surface area contributed by atoms with E-state index in [0.29, 0.717) is 11.5 Å². The van der Waals surface area contributed by atoms with Gasteiger partial charge in [0.05, 0.1) is 18.6 Å². The topological polar surface area (TPSA) is 64.8 Å². The van der Waals surface area contributed by atoms with Crippen LogP contribution in [0.25, 0.3) is 0 Å². The Labute approximate surface area is 111 Å². The number of rotatable bonds is 6. The van der Waals surface area contributed by atoms with Crippen LogP contribution < -0.4 is 15.2 Å². The molecule has 0 aliphatic carbocycles. The van der Waals surface area contributed by atoms with E-state index in [0.717, 1.165) is 0 Å². The lowest BCUT2D eigenvalue weighted by atomic mass is 10.3. The SMILES string of the molecule is COc1ccccc1OCC(=O)N(C)CC(N)=S. The fourth-order valence-electron chi connectivity index (χ4n) is 1.31. The number of thiocarbonyl (C=S) groups is 1. The Bertz CT molecular complexity index is 437. The Kier molecular flexibility index (Phi) is 5.38. The Balaban J connectivity index is 2.54. The van der Waals surface area contributed by atoms with Gasteiger partial charge in [0.15, 0.2) is 18.1 Å². The lowest BCUT2D eigenvalue weighted by molar-refractivity contribution is -0.131. The lowest BCUT2D eigenvalue weighted by Gasteiger charge is -2.17. The van der Waals surface area contributed by atoms with Crippen molar-refractivity contribution in [1.29, 1.82) is 0 Å². The van der Waals surface area contributed by atoms with E-state index in [2.05, 4.69) is 0 Å². The first-order valence-electron chi connectivity index (χ1n) is 5.32. The fourth-order valence-corrected chi connectivity index (χ4v) is 1.50. The minimum Gasteiger partial charge on any atom is -0.493 e. The van der Waals surface area contributed by atoms with Gasteiger partial charge in [-0.25, -0.2) is 0 Å². The molecule has 1 rings (SSSR count). The van der Waals surface area contributed by atoms with E-state index in [1.54, 1.807) is 32.4 Å². The summed E-state index contributed by atoms with van der Waals surface area (Å²) in [6, 6.07) is 7.13. The molecule has 0 saturated heterocycles. The Hall–Kier alpha value is -1.82. The maximum Gasteiger partial charge on any atom is 0.260 e. The molecule has 1 amide bonds. The molecule has 0 heterocycles. The number of methoxy groups -OCH3 is 1. The molecule has 0 atom stereocenters. The first-order valence-corrected chi connectivity index (χ1v) is 5.73. The number of benzene rings is 1. The fraction of sp³-hybridized carbons (Fsp3) is 0.333. The van der Waals surface area contributed by atoms with Crippen molar-refractivity contribution in [3.05, 3.63) is 24.3 Å². The number of hydrogen-bond acceptors (Lipinski definition) is 4. The van der Waals surface area contributed by atoms with E-state index in [1.165, 1.54) is 4.90 Å². The van der Waals surface area contributed by atoms with Crippen molar-refractivity contribution in [2.24, 2.45) is 5.73 Å². The van der Waals surface area contributed by atoms with Crippen molar-refractivity contribution in [2.75, 3.05) is 27.3 Å². The molecule has 0 bridgehead atoms. The molecule has 6 heteroatoms. The van der Waals surface area contributed by atoms with Crippen molar-refractivity contribution in [2.45, 2.75) is 0 Å². The molecule has 0 fully saturated rings. The summed E-state index contributed by atoms with van der Waals surface area (Å²) in [5.74, 6) is 0.910. The van der Waals surface area contributed by atoms with Gasteiger partial charge in [0, 0.05) is 7.05 Å². The zero-order valence-electron chi connectivity index (χ0n) is 10.4. The number of nitrogens with two attached hydrogens (primary N) is 1. The van der Waals surface area contributed by atoms with Crippen LogP contribution in [0.15, 0.2) is 24.3 Å². The van der Waals surface area contributed by atoms with Gasteiger partial charge in [0.25, 0.3) is 5.91 Å². The van der Waals surface area contributed by atoms with E-state index in [-0.39, 0.29) is 24.0 Å². The zero-order valence-corrected chi connectivity index (χ0v) is 11.2. The molecule has 0 unspecified atom stereocenters. The van der Waals surface area contributed by atoms with Gasteiger partial charge < -0.3 is 20.1 Å². The quantitative estimate of drug-likeness (QED) is 0.774. The molecule has 18 heavy (non-hydrogen) atoms. The molecule has 0 aliphatic rings. The Morgan fingerprint density at radius 3 is 2.56 bits per heavy atom. The van der Waals surface area contributed by atoms with Crippen LogP contribution in [0.5, 0.6) is 11.5 Å². The van der Waals surface area contributed by atoms with E-state index in [9.17, 15) is 4.79 Å². The molecule has 0 spiro atoms. The Morgan fingerprint density at radius 2 is 2.00 bits per heavy atom. The number of amides is 1. The van der Waals surface area contributed by atoms with E-state index < -0.39 is 0 Å². The third-order valence-corrected chi connectivity index (χ3v) is 2.37. The highest BCUT2D eigenvalue weighted by atomic mass is 32.1. The number of carbonyl (C=O) groups excluding carboxylic acids is 1. The van der Waals surface area contributed by atoms with Crippen LogP contribution in [-0.2, 0) is 4.79 Å². The summed E-state index contributed by atoms with van der Waals surface area (Å²) < 4.78 is 10.5. The second kappa shape index (κ2) is 6.80. The maximum atomic E-state index is 11.7. The molecular formula is C12H16N2O3S. The van der Waals surface area contributed by atoms with Crippen LogP contribution in [0.3, 0.4) is 0 Å². The average Bonchev–Trinajstić information content (AvgIpc) is 2.35. The monoisotopic (exact) mass is 268 g/mol. The van der Waals surface area contributed by atoms with Crippen molar-refractivity contribution < 1.29 is 14.3 Å². The number of ether oxygens (including phenoxy) is 2. The molecule has 98 valence electrons. The van der Waals surface area contributed by atoms with E-state index in [1.807, 2.05) is 6.07 Å². The number of hydrogen-bond donors (Lipinski definition) is 1. The summed E-state index contributed by atoms with van der Waals surface area (Å²) in [6.45, 7) is 0.156. The molecule has 0 aromatic heterocycles. The highest BCUT2D eigenvalue weighted by Gasteiger charge is 2.11. The van der Waals surface area contributed by atoms with Gasteiger partial charge >= 0.3 is 0 Å². The molecule has 5 nitrogen and oxygen atoms in total. The highest BCUT2D eigenvalue weighted by Crippen LogP contribution is 2.25.